The summed E-state index contributed by atoms with van der Waals surface area (Å²) in [6.45, 7) is 5.17. The molecule has 1 N–H and O–H groups in total. The lowest BCUT2D eigenvalue weighted by atomic mass is 10.1. The Balaban J connectivity index is 2.28. The van der Waals surface area contributed by atoms with E-state index in [1.54, 1.807) is 31.2 Å². The van der Waals surface area contributed by atoms with Crippen molar-refractivity contribution in [1.29, 1.82) is 0 Å². The zero-order chi connectivity index (χ0) is 23.9. The average Bonchev–Trinajstić information content (AvgIpc) is 2.76. The first-order valence-corrected chi connectivity index (χ1v) is 10.6. The molecule has 4 aromatic rings. The van der Waals surface area contributed by atoms with Crippen LogP contribution in [-0.2, 0) is 4.74 Å². The first kappa shape index (κ1) is 22.2. The van der Waals surface area contributed by atoms with Gasteiger partial charge in [-0.2, -0.15) is 0 Å². The molecule has 0 atom stereocenters. The molecule has 2 heterocycles. The fourth-order valence-corrected chi connectivity index (χ4v) is 4.05. The molecule has 0 spiro atoms. The summed E-state index contributed by atoms with van der Waals surface area (Å²) < 4.78 is 13.0. The van der Waals surface area contributed by atoms with Gasteiger partial charge in [0.1, 0.15) is 5.39 Å². The van der Waals surface area contributed by atoms with Gasteiger partial charge in [0.05, 0.1) is 18.0 Å². The minimum Gasteiger partial charge on any atom is -0.506 e. The molecule has 0 unspecified atom stereocenters. The number of esters is 1. The highest BCUT2D eigenvalue weighted by Gasteiger charge is 2.28. The van der Waals surface area contributed by atoms with Crippen LogP contribution in [0.25, 0.3) is 22.5 Å². The zero-order valence-corrected chi connectivity index (χ0v) is 18.9. The Hall–Kier alpha value is -3.98. The number of nitrogens with zero attached hydrogens (tertiary/aromatic N) is 2. The molecule has 33 heavy (non-hydrogen) atoms. The van der Waals surface area contributed by atoms with E-state index in [0.29, 0.717) is 11.4 Å². The predicted molar refractivity (Wildman–Crippen MR) is 125 cm³/mol. The molecule has 0 fully saturated rings. The predicted octanol–water partition coefficient (Wildman–Crippen LogP) is 3.96. The number of carbonyl (C=O) groups is 1. The Morgan fingerprint density at radius 1 is 1.00 bits per heavy atom. The second-order valence-electron chi connectivity index (χ2n) is 7.35. The van der Waals surface area contributed by atoms with Gasteiger partial charge in [-0.05, 0) is 56.2 Å². The standard InChI is InChI=1S/C24H20N2O6S/c1-4-31-22(29)18-19(27)17-20(28)25(15-11-7-5-9-13(15)2)24(33)26(21(17)32-23(18)30)16-12-8-6-10-14(16)3/h5-12,27H,4H2,1-3H3. The molecule has 0 saturated carbocycles. The SMILES string of the molecule is CCOC(=O)c1c(O)c2c(=O)n(-c3ccccc3C)c(=S)n(-c3ccccc3C)c2oc1=O. The number of hydrogen-bond acceptors (Lipinski definition) is 7. The number of carbonyl (C=O) groups excluding carboxylic acids is 1. The summed E-state index contributed by atoms with van der Waals surface area (Å²) in [6, 6.07) is 14.3. The van der Waals surface area contributed by atoms with E-state index in [1.807, 2.05) is 38.1 Å². The van der Waals surface area contributed by atoms with Crippen molar-refractivity contribution in [1.82, 2.24) is 9.13 Å². The molecule has 8 nitrogen and oxygen atoms in total. The molecular weight excluding hydrogens is 444 g/mol. The molecule has 0 radical (unpaired) electrons. The molecule has 0 aliphatic rings. The summed E-state index contributed by atoms with van der Waals surface area (Å²) in [7, 11) is 0. The van der Waals surface area contributed by atoms with E-state index in [1.165, 1.54) is 9.13 Å². The maximum absolute atomic E-state index is 13.6. The highest BCUT2D eigenvalue weighted by molar-refractivity contribution is 7.71. The van der Waals surface area contributed by atoms with Gasteiger partial charge in [0, 0.05) is 0 Å². The number of aromatic hydroxyl groups is 1. The van der Waals surface area contributed by atoms with Crippen molar-refractivity contribution >= 4 is 29.3 Å². The highest BCUT2D eigenvalue weighted by Crippen LogP contribution is 2.28. The lowest BCUT2D eigenvalue weighted by molar-refractivity contribution is 0.0518. The molecule has 2 aromatic heterocycles. The van der Waals surface area contributed by atoms with E-state index >= 15 is 0 Å². The van der Waals surface area contributed by atoms with Crippen molar-refractivity contribution in [3.63, 3.8) is 0 Å². The van der Waals surface area contributed by atoms with E-state index in [9.17, 15) is 19.5 Å². The molecule has 168 valence electrons. The van der Waals surface area contributed by atoms with Crippen LogP contribution >= 0.6 is 12.2 Å². The van der Waals surface area contributed by atoms with Gasteiger partial charge in [0.25, 0.3) is 5.56 Å². The van der Waals surface area contributed by atoms with Crippen LogP contribution in [0.1, 0.15) is 28.4 Å². The number of para-hydroxylation sites is 2. The Bertz CT molecular complexity index is 1600. The molecule has 0 amide bonds. The van der Waals surface area contributed by atoms with Gasteiger partial charge in [-0.1, -0.05) is 36.4 Å². The fraction of sp³-hybridized carbons (Fsp3) is 0.167. The maximum atomic E-state index is 13.6. The largest absolute Gasteiger partial charge is 0.506 e. The summed E-state index contributed by atoms with van der Waals surface area (Å²) in [5.74, 6) is -1.90. The third kappa shape index (κ3) is 3.56. The number of benzene rings is 2. The average molecular weight is 464 g/mol. The Labute approximate surface area is 192 Å². The van der Waals surface area contributed by atoms with Gasteiger partial charge in [0.2, 0.25) is 5.71 Å². The monoisotopic (exact) mass is 464 g/mol. The molecule has 4 rings (SSSR count). The van der Waals surface area contributed by atoms with Crippen LogP contribution in [0.3, 0.4) is 0 Å². The van der Waals surface area contributed by atoms with Crippen molar-refractivity contribution in [2.75, 3.05) is 6.61 Å². The van der Waals surface area contributed by atoms with E-state index in [-0.39, 0.29) is 22.5 Å². The Morgan fingerprint density at radius 3 is 2.09 bits per heavy atom. The number of aryl methyl sites for hydroxylation is 2. The van der Waals surface area contributed by atoms with Crippen LogP contribution < -0.4 is 11.2 Å². The van der Waals surface area contributed by atoms with Gasteiger partial charge < -0.3 is 14.3 Å². The lowest BCUT2D eigenvalue weighted by Gasteiger charge is -2.18. The number of fused-ring (bicyclic) bond motifs is 1. The van der Waals surface area contributed by atoms with Crippen molar-refractivity contribution in [3.05, 3.63) is 90.8 Å². The summed E-state index contributed by atoms with van der Waals surface area (Å²) >= 11 is 5.69. The third-order valence-electron chi connectivity index (χ3n) is 5.28. The highest BCUT2D eigenvalue weighted by atomic mass is 32.1. The van der Waals surface area contributed by atoms with Gasteiger partial charge >= 0.3 is 11.6 Å². The fourth-order valence-electron chi connectivity index (χ4n) is 3.69. The minimum absolute atomic E-state index is 0.0301. The summed E-state index contributed by atoms with van der Waals surface area (Å²) in [5, 5.41) is 10.6. The van der Waals surface area contributed by atoms with Crippen LogP contribution in [0, 0.1) is 18.6 Å². The van der Waals surface area contributed by atoms with Crippen molar-refractivity contribution in [3.8, 4) is 17.1 Å². The summed E-state index contributed by atoms with van der Waals surface area (Å²) in [6.07, 6.45) is 0. The second kappa shape index (κ2) is 8.51. The second-order valence-corrected chi connectivity index (χ2v) is 7.71. The Morgan fingerprint density at radius 2 is 1.55 bits per heavy atom. The normalized spacial score (nSPS) is 11.0. The lowest BCUT2D eigenvalue weighted by Crippen LogP contribution is -2.27. The molecule has 9 heteroatoms. The van der Waals surface area contributed by atoms with Crippen LogP contribution in [0.4, 0.5) is 0 Å². The molecule has 0 bridgehead atoms. The number of hydrogen-bond donors (Lipinski definition) is 1. The van der Waals surface area contributed by atoms with Crippen molar-refractivity contribution in [2.24, 2.45) is 0 Å². The smallest absolute Gasteiger partial charge is 0.356 e. The van der Waals surface area contributed by atoms with Crippen molar-refractivity contribution in [2.45, 2.75) is 20.8 Å². The third-order valence-corrected chi connectivity index (χ3v) is 5.64. The van der Waals surface area contributed by atoms with E-state index in [2.05, 4.69) is 0 Å². The topological polar surface area (TPSA) is 104 Å². The van der Waals surface area contributed by atoms with Crippen LogP contribution in [0.2, 0.25) is 0 Å². The van der Waals surface area contributed by atoms with Gasteiger partial charge in [-0.25, -0.2) is 9.59 Å². The van der Waals surface area contributed by atoms with E-state index in [4.69, 9.17) is 21.4 Å². The number of rotatable bonds is 4. The quantitative estimate of drug-likeness (QED) is 0.360. The molecule has 0 saturated heterocycles. The maximum Gasteiger partial charge on any atom is 0.356 e. The van der Waals surface area contributed by atoms with Crippen LogP contribution in [0.15, 0.2) is 62.5 Å². The Kier molecular flexibility index (Phi) is 5.73. The zero-order valence-electron chi connectivity index (χ0n) is 18.1. The first-order chi connectivity index (χ1) is 15.8. The van der Waals surface area contributed by atoms with Gasteiger partial charge in [-0.15, -0.1) is 0 Å². The van der Waals surface area contributed by atoms with Crippen LogP contribution in [0.5, 0.6) is 5.75 Å². The van der Waals surface area contributed by atoms with E-state index < -0.39 is 28.5 Å². The molecule has 2 aromatic carbocycles. The number of ether oxygens (including phenoxy) is 1. The molecule has 0 aliphatic heterocycles. The number of aromatic nitrogens is 2. The van der Waals surface area contributed by atoms with Gasteiger partial charge in [0.15, 0.2) is 16.1 Å². The van der Waals surface area contributed by atoms with Crippen molar-refractivity contribution < 1.29 is 19.1 Å². The first-order valence-electron chi connectivity index (χ1n) is 10.1. The summed E-state index contributed by atoms with van der Waals surface area (Å²) in [5.41, 5.74) is -0.318. The minimum atomic E-state index is -1.14. The molecule has 0 aliphatic carbocycles. The van der Waals surface area contributed by atoms with Gasteiger partial charge in [-0.3, -0.25) is 13.9 Å². The van der Waals surface area contributed by atoms with Crippen LogP contribution in [-0.4, -0.2) is 26.8 Å². The van der Waals surface area contributed by atoms with E-state index in [0.717, 1.165) is 11.1 Å². The summed E-state index contributed by atoms with van der Waals surface area (Å²) in [4.78, 5) is 38.7. The molecular formula is C24H20N2O6S.